The Kier molecular flexibility index (Phi) is 5.96. The molecule has 0 heterocycles. The summed E-state index contributed by atoms with van der Waals surface area (Å²) in [5.74, 6) is -0.812. The first-order valence-corrected chi connectivity index (χ1v) is 10.1. The van der Waals surface area contributed by atoms with Gasteiger partial charge in [-0.2, -0.15) is 0 Å². The molecule has 2 N–H and O–H groups in total. The topological polar surface area (TPSA) is 75.3 Å². The Balaban J connectivity index is 1.73. The van der Waals surface area contributed by atoms with Crippen LogP contribution in [-0.4, -0.2) is 14.3 Å². The zero-order valence-corrected chi connectivity index (χ0v) is 16.1. The van der Waals surface area contributed by atoms with Gasteiger partial charge in [-0.15, -0.1) is 0 Å². The number of halogens is 2. The Labute approximate surface area is 167 Å². The molecule has 1 amide bonds. The molecule has 0 radical (unpaired) electrons. The first-order valence-electron chi connectivity index (χ1n) is 8.24. The minimum Gasteiger partial charge on any atom is -0.326 e. The molecule has 8 heteroatoms. The maximum absolute atomic E-state index is 13.2. The van der Waals surface area contributed by atoms with E-state index < -0.39 is 15.8 Å². The molecule has 0 aliphatic carbocycles. The van der Waals surface area contributed by atoms with E-state index in [1.54, 1.807) is 30.3 Å². The molecule has 0 unspecified atom stereocenters. The molecule has 3 aromatic carbocycles. The lowest BCUT2D eigenvalue weighted by Gasteiger charge is -2.10. The lowest BCUT2D eigenvalue weighted by Crippen LogP contribution is -2.16. The van der Waals surface area contributed by atoms with Gasteiger partial charge in [0.1, 0.15) is 5.82 Å². The average Bonchev–Trinajstić information content (AvgIpc) is 2.61. The van der Waals surface area contributed by atoms with Gasteiger partial charge in [0.2, 0.25) is 5.91 Å². The molecule has 3 aromatic rings. The molecule has 0 bridgehead atoms. The van der Waals surface area contributed by atoms with Crippen LogP contribution in [0.2, 0.25) is 5.02 Å². The second-order valence-corrected chi connectivity index (χ2v) is 8.12. The summed E-state index contributed by atoms with van der Waals surface area (Å²) in [6.45, 7) is 0. The van der Waals surface area contributed by atoms with E-state index >= 15 is 0 Å². The van der Waals surface area contributed by atoms with Crippen LogP contribution in [0.15, 0.2) is 77.7 Å². The first kappa shape index (κ1) is 19.9. The number of anilines is 2. The van der Waals surface area contributed by atoms with E-state index in [-0.39, 0.29) is 17.2 Å². The van der Waals surface area contributed by atoms with Crippen LogP contribution in [0.25, 0.3) is 0 Å². The summed E-state index contributed by atoms with van der Waals surface area (Å²) >= 11 is 5.87. The molecule has 0 aromatic heterocycles. The Morgan fingerprint density at radius 1 is 0.929 bits per heavy atom. The Morgan fingerprint density at radius 2 is 1.64 bits per heavy atom. The van der Waals surface area contributed by atoms with Crippen molar-refractivity contribution < 1.29 is 17.6 Å². The fourth-order valence-corrected chi connectivity index (χ4v) is 3.83. The molecule has 3 rings (SSSR count). The molecule has 5 nitrogen and oxygen atoms in total. The number of carbonyl (C=O) groups excluding carboxylic acids is 1. The van der Waals surface area contributed by atoms with E-state index in [0.29, 0.717) is 22.0 Å². The highest BCUT2D eigenvalue weighted by molar-refractivity contribution is 7.92. The van der Waals surface area contributed by atoms with Gasteiger partial charge in [0.25, 0.3) is 10.0 Å². The van der Waals surface area contributed by atoms with E-state index in [1.807, 2.05) is 0 Å². The smallest absolute Gasteiger partial charge is 0.261 e. The van der Waals surface area contributed by atoms with Gasteiger partial charge in [0.05, 0.1) is 17.0 Å². The van der Waals surface area contributed by atoms with Crippen molar-refractivity contribution in [3.63, 3.8) is 0 Å². The lowest BCUT2D eigenvalue weighted by molar-refractivity contribution is -0.115. The highest BCUT2D eigenvalue weighted by Crippen LogP contribution is 2.21. The summed E-state index contributed by atoms with van der Waals surface area (Å²) in [5, 5.41) is 3.02. The Morgan fingerprint density at radius 3 is 2.39 bits per heavy atom. The molecule has 0 saturated carbocycles. The quantitative estimate of drug-likeness (QED) is 0.620. The third kappa shape index (κ3) is 5.31. The van der Waals surface area contributed by atoms with Crippen molar-refractivity contribution in [3.8, 4) is 0 Å². The molecule has 0 fully saturated rings. The molecule has 0 saturated heterocycles. The fourth-order valence-electron chi connectivity index (χ4n) is 2.54. The van der Waals surface area contributed by atoms with Crippen LogP contribution < -0.4 is 10.0 Å². The van der Waals surface area contributed by atoms with Crippen LogP contribution >= 0.6 is 11.6 Å². The predicted octanol–water partition coefficient (Wildman–Crippen LogP) is 4.46. The minimum absolute atomic E-state index is 0.0176. The van der Waals surface area contributed by atoms with Crippen molar-refractivity contribution in [1.29, 1.82) is 0 Å². The molecule has 0 aliphatic heterocycles. The van der Waals surface area contributed by atoms with Crippen molar-refractivity contribution in [2.75, 3.05) is 10.0 Å². The zero-order chi connectivity index (χ0) is 20.1. The number of amides is 1. The summed E-state index contributed by atoms with van der Waals surface area (Å²) in [4.78, 5) is 12.2. The number of hydrogen-bond donors (Lipinski definition) is 2. The highest BCUT2D eigenvalue weighted by atomic mass is 35.5. The third-order valence-corrected chi connectivity index (χ3v) is 5.37. The number of benzene rings is 3. The van der Waals surface area contributed by atoms with Gasteiger partial charge in [-0.3, -0.25) is 9.52 Å². The van der Waals surface area contributed by atoms with Crippen molar-refractivity contribution in [1.82, 2.24) is 0 Å². The van der Waals surface area contributed by atoms with Crippen LogP contribution in [-0.2, 0) is 21.2 Å². The maximum atomic E-state index is 13.2. The molecule has 0 spiro atoms. The standard InChI is InChI=1S/C20H16ClFN2O3S/c21-15-5-2-8-18(12-15)24-28(26,27)19-9-3-7-17(13-19)23-20(25)11-14-4-1-6-16(22)10-14/h1-10,12-13,24H,11H2,(H,23,25). The zero-order valence-electron chi connectivity index (χ0n) is 14.5. The minimum atomic E-state index is -3.86. The van der Waals surface area contributed by atoms with E-state index in [0.717, 1.165) is 0 Å². The highest BCUT2D eigenvalue weighted by Gasteiger charge is 2.15. The van der Waals surface area contributed by atoms with Gasteiger partial charge >= 0.3 is 0 Å². The normalized spacial score (nSPS) is 11.1. The van der Waals surface area contributed by atoms with Crippen molar-refractivity contribution in [2.24, 2.45) is 0 Å². The lowest BCUT2D eigenvalue weighted by atomic mass is 10.1. The summed E-state index contributed by atoms with van der Waals surface area (Å²) in [6.07, 6.45) is -0.0322. The van der Waals surface area contributed by atoms with E-state index in [9.17, 15) is 17.6 Å². The number of hydrogen-bond acceptors (Lipinski definition) is 3. The second-order valence-electron chi connectivity index (χ2n) is 6.00. The van der Waals surface area contributed by atoms with Crippen molar-refractivity contribution >= 4 is 38.9 Å². The number of rotatable bonds is 6. The maximum Gasteiger partial charge on any atom is 0.261 e. The van der Waals surface area contributed by atoms with Crippen molar-refractivity contribution in [2.45, 2.75) is 11.3 Å². The van der Waals surface area contributed by atoms with Crippen molar-refractivity contribution in [3.05, 3.63) is 89.2 Å². The number of sulfonamides is 1. The average molecular weight is 419 g/mol. The van der Waals surface area contributed by atoms with Crippen LogP contribution in [0.4, 0.5) is 15.8 Å². The predicted molar refractivity (Wildman–Crippen MR) is 107 cm³/mol. The number of nitrogens with one attached hydrogen (secondary N) is 2. The molecule has 144 valence electrons. The molecular weight excluding hydrogens is 403 g/mol. The van der Waals surface area contributed by atoms with Gasteiger partial charge in [-0.05, 0) is 54.1 Å². The third-order valence-electron chi connectivity index (χ3n) is 3.76. The number of carbonyl (C=O) groups is 1. The van der Waals surface area contributed by atoms with Gasteiger partial charge in [0.15, 0.2) is 0 Å². The largest absolute Gasteiger partial charge is 0.326 e. The van der Waals surface area contributed by atoms with E-state index in [1.165, 1.54) is 42.5 Å². The fraction of sp³-hybridized carbons (Fsp3) is 0.0500. The van der Waals surface area contributed by atoms with Crippen LogP contribution in [0.3, 0.4) is 0 Å². The van der Waals surface area contributed by atoms with Crippen LogP contribution in [0.1, 0.15) is 5.56 Å². The Bertz CT molecular complexity index is 1120. The summed E-state index contributed by atoms with van der Waals surface area (Å²) < 4.78 is 40.8. The molecule has 28 heavy (non-hydrogen) atoms. The van der Waals surface area contributed by atoms with Gasteiger partial charge < -0.3 is 5.32 Å². The summed E-state index contributed by atoms with van der Waals surface area (Å²) in [6, 6.07) is 17.9. The summed E-state index contributed by atoms with van der Waals surface area (Å²) in [5.41, 5.74) is 1.16. The van der Waals surface area contributed by atoms with E-state index in [2.05, 4.69) is 10.0 Å². The van der Waals surface area contributed by atoms with Crippen LogP contribution in [0.5, 0.6) is 0 Å². The van der Waals surface area contributed by atoms with Gasteiger partial charge in [0, 0.05) is 10.7 Å². The second kappa shape index (κ2) is 8.41. The summed E-state index contributed by atoms with van der Waals surface area (Å²) in [7, 11) is -3.86. The molecular formula is C20H16ClFN2O3S. The van der Waals surface area contributed by atoms with Gasteiger partial charge in [-0.25, -0.2) is 12.8 Å². The van der Waals surface area contributed by atoms with E-state index in [4.69, 9.17) is 11.6 Å². The monoisotopic (exact) mass is 418 g/mol. The first-order chi connectivity index (χ1) is 13.3. The SMILES string of the molecule is O=C(Cc1cccc(F)c1)Nc1cccc(S(=O)(=O)Nc2cccc(Cl)c2)c1. The van der Waals surface area contributed by atoms with Crippen LogP contribution in [0, 0.1) is 5.82 Å². The van der Waals surface area contributed by atoms with Gasteiger partial charge in [-0.1, -0.05) is 35.9 Å². The Hall–Kier alpha value is -2.90. The molecule has 0 aliphatic rings. The molecule has 0 atom stereocenters.